The molecule has 2 heterocycles. The molecule has 0 aliphatic carbocycles. The topological polar surface area (TPSA) is 87.2 Å². The lowest BCUT2D eigenvalue weighted by atomic mass is 9.86. The molecule has 2 aromatic rings. The second-order valence-electron chi connectivity index (χ2n) is 6.95. The molecule has 0 spiro atoms. The van der Waals surface area contributed by atoms with Crippen LogP contribution in [0, 0.1) is 24.1 Å². The van der Waals surface area contributed by atoms with Crippen molar-refractivity contribution < 1.29 is 12.8 Å². The van der Waals surface area contributed by atoms with Crippen LogP contribution in [0.5, 0.6) is 0 Å². The third-order valence-electron chi connectivity index (χ3n) is 5.15. The maximum Gasteiger partial charge on any atom is 0.177 e. The van der Waals surface area contributed by atoms with Gasteiger partial charge in [0.05, 0.1) is 28.2 Å². The first-order valence-electron chi connectivity index (χ1n) is 8.81. The SMILES string of the molecule is Cc1cccc([C@H]2C(C#N)=C(N)N(c3ccc(F)cc3)C3=C2S(=O)(=O)CC3)c1. The van der Waals surface area contributed by atoms with Gasteiger partial charge in [0.25, 0.3) is 0 Å². The van der Waals surface area contributed by atoms with E-state index in [0.29, 0.717) is 11.4 Å². The van der Waals surface area contributed by atoms with E-state index in [1.165, 1.54) is 24.3 Å². The number of rotatable bonds is 2. The lowest BCUT2D eigenvalue weighted by Gasteiger charge is -2.35. The highest BCUT2D eigenvalue weighted by atomic mass is 32.2. The second-order valence-corrected chi connectivity index (χ2v) is 9.03. The lowest BCUT2D eigenvalue weighted by molar-refractivity contribution is 0.602. The van der Waals surface area contributed by atoms with Gasteiger partial charge in [-0.2, -0.15) is 5.26 Å². The summed E-state index contributed by atoms with van der Waals surface area (Å²) in [7, 11) is -3.55. The van der Waals surface area contributed by atoms with E-state index in [0.717, 1.165) is 11.1 Å². The van der Waals surface area contributed by atoms with Gasteiger partial charge in [0.15, 0.2) is 9.84 Å². The Kier molecular flexibility index (Phi) is 4.24. The van der Waals surface area contributed by atoms with E-state index >= 15 is 0 Å². The van der Waals surface area contributed by atoms with Gasteiger partial charge in [0, 0.05) is 17.8 Å². The molecule has 0 radical (unpaired) electrons. The number of halogens is 1. The fourth-order valence-corrected chi connectivity index (χ4v) is 5.78. The molecule has 0 bridgehead atoms. The summed E-state index contributed by atoms with van der Waals surface area (Å²) in [5.41, 5.74) is 9.32. The molecule has 7 heteroatoms. The summed E-state index contributed by atoms with van der Waals surface area (Å²) in [4.78, 5) is 1.79. The number of hydrogen-bond acceptors (Lipinski definition) is 5. The average molecular weight is 395 g/mol. The molecule has 0 unspecified atom stereocenters. The number of allylic oxidation sites excluding steroid dienone is 3. The van der Waals surface area contributed by atoms with Crippen LogP contribution in [0.3, 0.4) is 0 Å². The Balaban J connectivity index is 2.00. The van der Waals surface area contributed by atoms with Gasteiger partial charge in [-0.05, 0) is 36.8 Å². The first-order valence-corrected chi connectivity index (χ1v) is 10.5. The Labute approximate surface area is 163 Å². The van der Waals surface area contributed by atoms with Crippen molar-refractivity contribution in [1.82, 2.24) is 0 Å². The van der Waals surface area contributed by atoms with E-state index in [-0.39, 0.29) is 28.5 Å². The number of nitrogens with zero attached hydrogens (tertiary/aromatic N) is 2. The van der Waals surface area contributed by atoms with Crippen LogP contribution in [0.15, 0.2) is 70.5 Å². The Morgan fingerprint density at radius 3 is 2.57 bits per heavy atom. The van der Waals surface area contributed by atoms with Gasteiger partial charge >= 0.3 is 0 Å². The minimum Gasteiger partial charge on any atom is -0.384 e. The minimum atomic E-state index is -3.55. The van der Waals surface area contributed by atoms with Crippen molar-refractivity contribution in [2.75, 3.05) is 10.7 Å². The van der Waals surface area contributed by atoms with Gasteiger partial charge in [-0.25, -0.2) is 12.8 Å². The predicted molar refractivity (Wildman–Crippen MR) is 105 cm³/mol. The molecule has 0 fully saturated rings. The number of sulfone groups is 1. The highest BCUT2D eigenvalue weighted by Crippen LogP contribution is 2.48. The second kappa shape index (κ2) is 6.50. The first-order chi connectivity index (χ1) is 13.3. The standard InChI is InChI=1S/C21H18FN3O2S/c1-13-3-2-4-14(11-13)19-17(12-23)21(24)25(16-7-5-15(22)6-8-16)18-9-10-28(26,27)20(18)19/h2-8,11,19H,9-10,24H2,1H3/t19-/m0/s1. The van der Waals surface area contributed by atoms with Gasteiger partial charge < -0.3 is 5.73 Å². The molecule has 4 rings (SSSR count). The van der Waals surface area contributed by atoms with E-state index < -0.39 is 21.6 Å². The summed E-state index contributed by atoms with van der Waals surface area (Å²) in [6, 6.07) is 15.2. The van der Waals surface area contributed by atoms with E-state index in [4.69, 9.17) is 5.73 Å². The maximum absolute atomic E-state index is 13.4. The van der Waals surface area contributed by atoms with Crippen LogP contribution >= 0.6 is 0 Å². The molecule has 1 atom stereocenters. The third kappa shape index (κ3) is 2.77. The van der Waals surface area contributed by atoms with Gasteiger partial charge in [-0.15, -0.1) is 0 Å². The maximum atomic E-state index is 13.4. The lowest BCUT2D eigenvalue weighted by Crippen LogP contribution is -2.34. The van der Waals surface area contributed by atoms with Crippen molar-refractivity contribution >= 4 is 15.5 Å². The monoisotopic (exact) mass is 395 g/mol. The third-order valence-corrected chi connectivity index (χ3v) is 7.03. The molecule has 2 aromatic carbocycles. The van der Waals surface area contributed by atoms with Gasteiger partial charge in [0.2, 0.25) is 0 Å². The molecule has 142 valence electrons. The van der Waals surface area contributed by atoms with Crippen LogP contribution in [-0.2, 0) is 9.84 Å². The van der Waals surface area contributed by atoms with Gasteiger partial charge in [-0.3, -0.25) is 4.90 Å². The first kappa shape index (κ1) is 18.3. The molecule has 0 amide bonds. The smallest absolute Gasteiger partial charge is 0.177 e. The largest absolute Gasteiger partial charge is 0.384 e. The normalized spacial score (nSPS) is 20.9. The predicted octanol–water partition coefficient (Wildman–Crippen LogP) is 3.46. The van der Waals surface area contributed by atoms with E-state index in [9.17, 15) is 18.1 Å². The average Bonchev–Trinajstić information content (AvgIpc) is 2.97. The van der Waals surface area contributed by atoms with Crippen molar-refractivity contribution in [3.8, 4) is 6.07 Å². The zero-order valence-electron chi connectivity index (χ0n) is 15.2. The molecule has 28 heavy (non-hydrogen) atoms. The van der Waals surface area contributed by atoms with E-state index in [2.05, 4.69) is 6.07 Å². The molecule has 2 N–H and O–H groups in total. The fraction of sp³-hybridized carbons (Fsp3) is 0.190. The molecule has 0 saturated carbocycles. The Bertz CT molecular complexity index is 1170. The van der Waals surface area contributed by atoms with Crippen molar-refractivity contribution in [2.24, 2.45) is 5.73 Å². The van der Waals surface area contributed by atoms with Gasteiger partial charge in [-0.1, -0.05) is 29.8 Å². The highest BCUT2D eigenvalue weighted by Gasteiger charge is 2.45. The number of aryl methyl sites for hydroxylation is 1. The number of hydrogen-bond donors (Lipinski definition) is 1. The number of nitrogens with two attached hydrogens (primary N) is 1. The molecular formula is C21H18FN3O2S. The Morgan fingerprint density at radius 2 is 1.93 bits per heavy atom. The van der Waals surface area contributed by atoms with Crippen LogP contribution in [0.1, 0.15) is 23.5 Å². The van der Waals surface area contributed by atoms with Crippen LogP contribution in [-0.4, -0.2) is 14.2 Å². The van der Waals surface area contributed by atoms with Crippen LogP contribution in [0.25, 0.3) is 0 Å². The molecule has 0 saturated heterocycles. The number of nitriles is 1. The van der Waals surface area contributed by atoms with Crippen molar-refractivity contribution in [2.45, 2.75) is 19.3 Å². The van der Waals surface area contributed by atoms with E-state index in [1.54, 1.807) is 4.90 Å². The number of anilines is 1. The van der Waals surface area contributed by atoms with Crippen LogP contribution < -0.4 is 10.6 Å². The van der Waals surface area contributed by atoms with Crippen LogP contribution in [0.4, 0.5) is 10.1 Å². The quantitative estimate of drug-likeness (QED) is 0.841. The molecule has 5 nitrogen and oxygen atoms in total. The molecule has 2 aliphatic rings. The summed E-state index contributed by atoms with van der Waals surface area (Å²) in [6.45, 7) is 1.91. The van der Waals surface area contributed by atoms with Crippen molar-refractivity contribution in [1.29, 1.82) is 5.26 Å². The summed E-state index contributed by atoms with van der Waals surface area (Å²) in [6.07, 6.45) is 0.288. The van der Waals surface area contributed by atoms with Crippen molar-refractivity contribution in [3.05, 3.63) is 87.5 Å². The van der Waals surface area contributed by atoms with Gasteiger partial charge in [0.1, 0.15) is 11.6 Å². The fourth-order valence-electron chi connectivity index (χ4n) is 3.93. The summed E-state index contributed by atoms with van der Waals surface area (Å²) in [5.74, 6) is -1.00. The summed E-state index contributed by atoms with van der Waals surface area (Å²) in [5, 5.41) is 9.87. The highest BCUT2D eigenvalue weighted by molar-refractivity contribution is 7.95. The van der Waals surface area contributed by atoms with E-state index in [1.807, 2.05) is 31.2 Å². The Morgan fingerprint density at radius 1 is 1.21 bits per heavy atom. The Hall–Kier alpha value is -3.11. The van der Waals surface area contributed by atoms with Crippen LogP contribution in [0.2, 0.25) is 0 Å². The molecule has 0 aromatic heterocycles. The summed E-state index contributed by atoms with van der Waals surface area (Å²) < 4.78 is 39.3. The number of benzene rings is 2. The zero-order valence-corrected chi connectivity index (χ0v) is 16.0. The summed E-state index contributed by atoms with van der Waals surface area (Å²) >= 11 is 0. The zero-order chi connectivity index (χ0) is 20.1. The molecular weight excluding hydrogens is 377 g/mol. The van der Waals surface area contributed by atoms with Crippen molar-refractivity contribution in [3.63, 3.8) is 0 Å². The molecule has 2 aliphatic heterocycles. The minimum absolute atomic E-state index is 0.0380.